The zero-order chi connectivity index (χ0) is 17.2. The third-order valence-electron chi connectivity index (χ3n) is 5.10. The topological polar surface area (TPSA) is 62.2 Å². The van der Waals surface area contributed by atoms with Gasteiger partial charge in [-0.2, -0.15) is 0 Å². The summed E-state index contributed by atoms with van der Waals surface area (Å²) >= 11 is 0. The van der Waals surface area contributed by atoms with Crippen molar-refractivity contribution in [3.63, 3.8) is 0 Å². The van der Waals surface area contributed by atoms with Crippen molar-refractivity contribution in [3.8, 4) is 0 Å². The summed E-state index contributed by atoms with van der Waals surface area (Å²) in [5, 5.41) is 0. The van der Waals surface area contributed by atoms with Crippen molar-refractivity contribution in [1.82, 2.24) is 24.8 Å². The number of amides is 1. The molecule has 25 heavy (non-hydrogen) atoms. The molecule has 0 aliphatic carbocycles. The van der Waals surface area contributed by atoms with E-state index in [-0.39, 0.29) is 11.8 Å². The average molecular weight is 337 g/mol. The van der Waals surface area contributed by atoms with Gasteiger partial charge in [-0.25, -0.2) is 9.97 Å². The highest BCUT2D eigenvalue weighted by atomic mass is 16.2. The third kappa shape index (κ3) is 3.39. The van der Waals surface area contributed by atoms with Crippen molar-refractivity contribution in [1.29, 1.82) is 0 Å². The Hall–Kier alpha value is -2.34. The Morgan fingerprint density at radius 2 is 2.16 bits per heavy atom. The van der Waals surface area contributed by atoms with Gasteiger partial charge in [0.2, 0.25) is 0 Å². The molecule has 2 aliphatic rings. The van der Waals surface area contributed by atoms with Crippen LogP contribution in [0.1, 0.15) is 46.3 Å². The van der Waals surface area contributed by atoms with Gasteiger partial charge in [0.15, 0.2) is 0 Å². The second kappa shape index (κ2) is 6.88. The lowest BCUT2D eigenvalue weighted by molar-refractivity contribution is 0.0698. The van der Waals surface area contributed by atoms with Gasteiger partial charge in [-0.05, 0) is 32.0 Å². The van der Waals surface area contributed by atoms with Gasteiger partial charge in [0.05, 0.1) is 0 Å². The highest BCUT2D eigenvalue weighted by Gasteiger charge is 2.28. The maximum absolute atomic E-state index is 12.7. The Labute approximate surface area is 147 Å². The molecule has 0 aromatic carbocycles. The van der Waals surface area contributed by atoms with E-state index in [1.54, 1.807) is 12.3 Å². The summed E-state index contributed by atoms with van der Waals surface area (Å²) in [5.74, 6) is 1.11. The molecule has 4 heterocycles. The molecule has 0 bridgehead atoms. The number of likely N-dealkylation sites (N-methyl/N-ethyl adjacent to an activating group) is 1. The van der Waals surface area contributed by atoms with Crippen molar-refractivity contribution < 1.29 is 4.79 Å². The van der Waals surface area contributed by atoms with Crippen LogP contribution in [0.2, 0.25) is 0 Å². The zero-order valence-corrected chi connectivity index (χ0v) is 14.6. The number of fused-ring (bicyclic) bond motifs is 1. The fraction of sp³-hybridized carbons (Fsp3) is 0.474. The highest BCUT2D eigenvalue weighted by molar-refractivity contribution is 5.92. The van der Waals surface area contributed by atoms with Crippen LogP contribution in [-0.4, -0.2) is 57.3 Å². The van der Waals surface area contributed by atoms with Gasteiger partial charge >= 0.3 is 0 Å². The maximum atomic E-state index is 12.7. The molecule has 1 unspecified atom stereocenters. The van der Waals surface area contributed by atoms with Gasteiger partial charge in [0.25, 0.3) is 5.91 Å². The van der Waals surface area contributed by atoms with Crippen LogP contribution in [0.15, 0.2) is 30.6 Å². The first-order valence-corrected chi connectivity index (χ1v) is 8.94. The van der Waals surface area contributed by atoms with Gasteiger partial charge in [0.1, 0.15) is 11.5 Å². The second-order valence-electron chi connectivity index (χ2n) is 6.99. The van der Waals surface area contributed by atoms with Crippen LogP contribution in [-0.2, 0) is 13.0 Å². The number of likely N-dealkylation sites (tertiary alicyclic amines) is 1. The van der Waals surface area contributed by atoms with E-state index in [0.29, 0.717) is 12.2 Å². The highest BCUT2D eigenvalue weighted by Crippen LogP contribution is 2.26. The number of carbonyl (C=O) groups is 1. The molecule has 2 aliphatic heterocycles. The van der Waals surface area contributed by atoms with Gasteiger partial charge < -0.3 is 9.80 Å². The van der Waals surface area contributed by atoms with Crippen LogP contribution in [0.3, 0.4) is 0 Å². The van der Waals surface area contributed by atoms with Crippen LogP contribution < -0.4 is 0 Å². The fourth-order valence-corrected chi connectivity index (χ4v) is 3.69. The van der Waals surface area contributed by atoms with E-state index < -0.39 is 0 Å². The molecule has 130 valence electrons. The molecule has 4 rings (SSSR count). The maximum Gasteiger partial charge on any atom is 0.272 e. The molecule has 0 N–H and O–H groups in total. The summed E-state index contributed by atoms with van der Waals surface area (Å²) in [7, 11) is 2.12. The number of hydrogen-bond acceptors (Lipinski definition) is 5. The van der Waals surface area contributed by atoms with Crippen LogP contribution in [0, 0.1) is 0 Å². The molecule has 6 heteroatoms. The lowest BCUT2D eigenvalue weighted by Crippen LogP contribution is -2.40. The summed E-state index contributed by atoms with van der Waals surface area (Å²) in [4.78, 5) is 30.5. The Morgan fingerprint density at radius 1 is 1.24 bits per heavy atom. The molecule has 2 aromatic heterocycles. The molecular formula is C19H23N5O. The van der Waals surface area contributed by atoms with Gasteiger partial charge in [-0.15, -0.1) is 0 Å². The van der Waals surface area contributed by atoms with Crippen LogP contribution >= 0.6 is 0 Å². The number of nitrogens with zero attached hydrogens (tertiary/aromatic N) is 5. The Bertz CT molecular complexity index is 764. The van der Waals surface area contributed by atoms with E-state index >= 15 is 0 Å². The summed E-state index contributed by atoms with van der Waals surface area (Å²) < 4.78 is 0. The van der Waals surface area contributed by atoms with Gasteiger partial charge in [0, 0.05) is 62.2 Å². The first-order chi connectivity index (χ1) is 12.2. The molecule has 1 atom stereocenters. The SMILES string of the molecule is CN1CCc2nc(C3CCCN(C(=O)c4ccccn4)C3)ncc2C1. The quantitative estimate of drug-likeness (QED) is 0.837. The van der Waals surface area contributed by atoms with Crippen molar-refractivity contribution in [2.24, 2.45) is 0 Å². The zero-order valence-electron chi connectivity index (χ0n) is 14.6. The number of aromatic nitrogens is 3. The normalized spacial score (nSPS) is 21.0. The van der Waals surface area contributed by atoms with E-state index in [9.17, 15) is 4.79 Å². The Morgan fingerprint density at radius 3 is 3.00 bits per heavy atom. The number of carbonyl (C=O) groups excluding carboxylic acids is 1. The average Bonchev–Trinajstić information content (AvgIpc) is 2.68. The number of hydrogen-bond donors (Lipinski definition) is 0. The molecule has 2 aromatic rings. The number of pyridine rings is 1. The van der Waals surface area contributed by atoms with Crippen LogP contribution in [0.5, 0.6) is 0 Å². The van der Waals surface area contributed by atoms with Crippen molar-refractivity contribution >= 4 is 5.91 Å². The first-order valence-electron chi connectivity index (χ1n) is 8.94. The molecule has 0 radical (unpaired) electrons. The summed E-state index contributed by atoms with van der Waals surface area (Å²) in [6.45, 7) is 3.42. The lowest BCUT2D eigenvalue weighted by Gasteiger charge is -2.32. The number of rotatable bonds is 2. The molecule has 1 saturated heterocycles. The summed E-state index contributed by atoms with van der Waals surface area (Å²) in [5.41, 5.74) is 2.92. The third-order valence-corrected chi connectivity index (χ3v) is 5.10. The van der Waals surface area contributed by atoms with Gasteiger partial charge in [-0.1, -0.05) is 6.07 Å². The van der Waals surface area contributed by atoms with Crippen LogP contribution in [0.25, 0.3) is 0 Å². The minimum atomic E-state index is 0.00452. The molecule has 0 saturated carbocycles. The first kappa shape index (κ1) is 16.1. The standard InChI is InChI=1S/C19H23N5O/c1-23-10-7-16-15(12-23)11-21-18(22-16)14-5-4-9-24(13-14)19(25)17-6-2-3-8-20-17/h2-3,6,8,11,14H,4-5,7,9-10,12-13H2,1H3. The minimum absolute atomic E-state index is 0.00452. The fourth-order valence-electron chi connectivity index (χ4n) is 3.69. The molecular weight excluding hydrogens is 314 g/mol. The van der Waals surface area contributed by atoms with Crippen LogP contribution in [0.4, 0.5) is 0 Å². The predicted octanol–water partition coefficient (Wildman–Crippen LogP) is 1.88. The Kier molecular flexibility index (Phi) is 4.44. The van der Waals surface area contributed by atoms with E-state index in [0.717, 1.165) is 44.7 Å². The largest absolute Gasteiger partial charge is 0.337 e. The summed E-state index contributed by atoms with van der Waals surface area (Å²) in [6.07, 6.45) is 6.63. The van der Waals surface area contributed by atoms with E-state index in [4.69, 9.17) is 4.98 Å². The number of piperidine rings is 1. The smallest absolute Gasteiger partial charge is 0.272 e. The predicted molar refractivity (Wildman–Crippen MR) is 94.2 cm³/mol. The minimum Gasteiger partial charge on any atom is -0.337 e. The van der Waals surface area contributed by atoms with Gasteiger partial charge in [-0.3, -0.25) is 9.78 Å². The van der Waals surface area contributed by atoms with E-state index in [1.165, 1.54) is 11.3 Å². The van der Waals surface area contributed by atoms with E-state index in [2.05, 4.69) is 21.9 Å². The van der Waals surface area contributed by atoms with Crippen molar-refractivity contribution in [2.45, 2.75) is 31.7 Å². The van der Waals surface area contributed by atoms with Crippen molar-refractivity contribution in [2.75, 3.05) is 26.7 Å². The van der Waals surface area contributed by atoms with E-state index in [1.807, 2.05) is 23.2 Å². The van der Waals surface area contributed by atoms with Crippen molar-refractivity contribution in [3.05, 3.63) is 53.4 Å². The Balaban J connectivity index is 1.51. The monoisotopic (exact) mass is 337 g/mol. The second-order valence-corrected chi connectivity index (χ2v) is 6.99. The lowest BCUT2D eigenvalue weighted by atomic mass is 9.96. The summed E-state index contributed by atoms with van der Waals surface area (Å²) in [6, 6.07) is 5.46. The molecule has 6 nitrogen and oxygen atoms in total. The molecule has 1 fully saturated rings. The molecule has 1 amide bonds. The molecule has 0 spiro atoms.